The van der Waals surface area contributed by atoms with Gasteiger partial charge in [-0.1, -0.05) is 12.2 Å². The van der Waals surface area contributed by atoms with Gasteiger partial charge in [0, 0.05) is 17.8 Å². The summed E-state index contributed by atoms with van der Waals surface area (Å²) in [6.45, 7) is 0. The maximum Gasteiger partial charge on any atom is 0.152 e. The highest BCUT2D eigenvalue weighted by Crippen LogP contribution is 2.19. The minimum atomic E-state index is -2.90. The highest BCUT2D eigenvalue weighted by atomic mass is 32.2. The van der Waals surface area contributed by atoms with Gasteiger partial charge >= 0.3 is 0 Å². The molecule has 5 nitrogen and oxygen atoms in total. The molecule has 0 spiro atoms. The molecule has 0 bridgehead atoms. The average Bonchev–Trinajstić information content (AvgIpc) is 2.58. The lowest BCUT2D eigenvalue weighted by atomic mass is 10.2. The van der Waals surface area contributed by atoms with E-state index < -0.39 is 9.84 Å². The molecule has 1 atom stereocenters. The molecule has 2 rings (SSSR count). The fourth-order valence-electron chi connectivity index (χ4n) is 1.85. The molecule has 3 N–H and O–H groups in total. The molecule has 2 heterocycles. The van der Waals surface area contributed by atoms with E-state index in [2.05, 4.69) is 10.3 Å². The Bertz CT molecular complexity index is 542. The number of pyridine rings is 1. The highest BCUT2D eigenvalue weighted by Gasteiger charge is 2.28. The molecule has 1 aromatic rings. The van der Waals surface area contributed by atoms with Crippen LogP contribution >= 0.6 is 12.2 Å². The lowest BCUT2D eigenvalue weighted by Gasteiger charge is -2.14. The second-order valence-corrected chi connectivity index (χ2v) is 6.70. The summed E-state index contributed by atoms with van der Waals surface area (Å²) in [5.74, 6) is 0.381. The monoisotopic (exact) mass is 271 g/mol. The zero-order valence-corrected chi connectivity index (χ0v) is 10.7. The summed E-state index contributed by atoms with van der Waals surface area (Å²) in [4.78, 5) is 4.25. The van der Waals surface area contributed by atoms with E-state index in [1.54, 1.807) is 18.5 Å². The van der Waals surface area contributed by atoms with Crippen molar-refractivity contribution in [1.29, 1.82) is 0 Å². The number of rotatable bonds is 3. The van der Waals surface area contributed by atoms with E-state index in [0.29, 0.717) is 17.7 Å². The first-order valence-electron chi connectivity index (χ1n) is 5.19. The maximum atomic E-state index is 11.3. The third kappa shape index (κ3) is 2.92. The van der Waals surface area contributed by atoms with Crippen molar-refractivity contribution in [2.75, 3.05) is 16.8 Å². The number of hydrogen-bond acceptors (Lipinski definition) is 5. The third-order valence-corrected chi connectivity index (χ3v) is 4.67. The number of hydrogen-bond donors (Lipinski definition) is 2. The topological polar surface area (TPSA) is 85.1 Å². The van der Waals surface area contributed by atoms with Gasteiger partial charge in [-0.2, -0.15) is 0 Å². The number of anilines is 1. The van der Waals surface area contributed by atoms with Crippen molar-refractivity contribution in [2.45, 2.75) is 12.5 Å². The van der Waals surface area contributed by atoms with Gasteiger partial charge in [-0.05, 0) is 12.5 Å². The molecular formula is C10H13N3O2S2. The van der Waals surface area contributed by atoms with Crippen LogP contribution in [0.4, 0.5) is 5.69 Å². The van der Waals surface area contributed by atoms with Crippen molar-refractivity contribution in [3.8, 4) is 0 Å². The van der Waals surface area contributed by atoms with E-state index >= 15 is 0 Å². The summed E-state index contributed by atoms with van der Waals surface area (Å²) >= 11 is 4.93. The Labute approximate surface area is 105 Å². The average molecular weight is 271 g/mol. The van der Waals surface area contributed by atoms with Crippen LogP contribution in [0.2, 0.25) is 0 Å². The molecule has 1 aliphatic heterocycles. The third-order valence-electron chi connectivity index (χ3n) is 2.68. The van der Waals surface area contributed by atoms with Crippen LogP contribution in [-0.4, -0.2) is 35.9 Å². The first-order valence-corrected chi connectivity index (χ1v) is 7.42. The van der Waals surface area contributed by atoms with Gasteiger partial charge in [0.15, 0.2) is 9.84 Å². The van der Waals surface area contributed by atoms with Crippen molar-refractivity contribution in [3.05, 3.63) is 24.0 Å². The Morgan fingerprint density at radius 2 is 2.35 bits per heavy atom. The van der Waals surface area contributed by atoms with Crippen LogP contribution in [0.25, 0.3) is 0 Å². The van der Waals surface area contributed by atoms with E-state index in [1.165, 1.54) is 0 Å². The van der Waals surface area contributed by atoms with Crippen molar-refractivity contribution in [3.63, 3.8) is 0 Å². The molecule has 1 aliphatic rings. The molecule has 0 aliphatic carbocycles. The largest absolute Gasteiger partial charge is 0.389 e. The Morgan fingerprint density at radius 3 is 2.94 bits per heavy atom. The highest BCUT2D eigenvalue weighted by molar-refractivity contribution is 7.91. The van der Waals surface area contributed by atoms with Gasteiger partial charge in [-0.15, -0.1) is 0 Å². The van der Waals surface area contributed by atoms with E-state index in [1.807, 2.05) is 0 Å². The molecule has 0 amide bonds. The molecule has 0 saturated carbocycles. The van der Waals surface area contributed by atoms with Gasteiger partial charge in [0.25, 0.3) is 0 Å². The van der Waals surface area contributed by atoms with Crippen LogP contribution in [-0.2, 0) is 9.84 Å². The number of thiocarbonyl (C=S) groups is 1. The van der Waals surface area contributed by atoms with Crippen LogP contribution in [0.3, 0.4) is 0 Å². The molecule has 17 heavy (non-hydrogen) atoms. The lowest BCUT2D eigenvalue weighted by Crippen LogP contribution is -2.23. The maximum absolute atomic E-state index is 11.3. The SMILES string of the molecule is NC(=S)c1ccncc1NC1CCS(=O)(=O)C1. The summed E-state index contributed by atoms with van der Waals surface area (Å²) in [5, 5.41) is 3.14. The van der Waals surface area contributed by atoms with E-state index in [4.69, 9.17) is 18.0 Å². The lowest BCUT2D eigenvalue weighted by molar-refractivity contribution is 0.602. The Balaban J connectivity index is 2.17. The first kappa shape index (κ1) is 12.3. The van der Waals surface area contributed by atoms with Crippen LogP contribution in [0.15, 0.2) is 18.5 Å². The predicted molar refractivity (Wildman–Crippen MR) is 70.8 cm³/mol. The molecule has 0 radical (unpaired) electrons. The minimum absolute atomic E-state index is 0.0858. The van der Waals surface area contributed by atoms with Crippen molar-refractivity contribution in [1.82, 2.24) is 4.98 Å². The molecular weight excluding hydrogens is 258 g/mol. The molecule has 1 saturated heterocycles. The Morgan fingerprint density at radius 1 is 1.59 bits per heavy atom. The van der Waals surface area contributed by atoms with Gasteiger partial charge < -0.3 is 11.1 Å². The number of nitrogens with two attached hydrogens (primary N) is 1. The number of nitrogens with one attached hydrogen (secondary N) is 1. The second-order valence-electron chi connectivity index (χ2n) is 4.03. The minimum Gasteiger partial charge on any atom is -0.389 e. The zero-order chi connectivity index (χ0) is 12.5. The summed E-state index contributed by atoms with van der Waals surface area (Å²) in [5.41, 5.74) is 6.98. The van der Waals surface area contributed by atoms with Gasteiger partial charge in [0.1, 0.15) is 4.99 Å². The fourth-order valence-corrected chi connectivity index (χ4v) is 3.70. The van der Waals surface area contributed by atoms with Crippen LogP contribution in [0.1, 0.15) is 12.0 Å². The quantitative estimate of drug-likeness (QED) is 0.770. The summed E-state index contributed by atoms with van der Waals surface area (Å²) in [7, 11) is -2.90. The normalized spacial score (nSPS) is 22.2. The summed E-state index contributed by atoms with van der Waals surface area (Å²) in [6.07, 6.45) is 3.82. The van der Waals surface area contributed by atoms with E-state index in [0.717, 1.165) is 0 Å². The van der Waals surface area contributed by atoms with Crippen LogP contribution in [0, 0.1) is 0 Å². The number of aromatic nitrogens is 1. The fraction of sp³-hybridized carbons (Fsp3) is 0.400. The summed E-state index contributed by atoms with van der Waals surface area (Å²) in [6, 6.07) is 1.63. The van der Waals surface area contributed by atoms with Gasteiger partial charge in [-0.3, -0.25) is 4.98 Å². The Kier molecular flexibility index (Phi) is 3.30. The second kappa shape index (κ2) is 4.58. The first-order chi connectivity index (χ1) is 7.98. The Hall–Kier alpha value is -1.21. The number of nitrogens with zero attached hydrogens (tertiary/aromatic N) is 1. The molecule has 1 fully saturated rings. The molecule has 1 aromatic heterocycles. The standard InChI is InChI=1S/C10H13N3O2S2/c11-10(16)8-1-3-12-5-9(8)13-7-2-4-17(14,15)6-7/h1,3,5,7,13H,2,4,6H2,(H2,11,16). The molecule has 0 aromatic carbocycles. The van der Waals surface area contributed by atoms with Gasteiger partial charge in [-0.25, -0.2) is 8.42 Å². The van der Waals surface area contributed by atoms with Gasteiger partial charge in [0.05, 0.1) is 23.4 Å². The van der Waals surface area contributed by atoms with Crippen molar-refractivity contribution >= 4 is 32.7 Å². The zero-order valence-electron chi connectivity index (χ0n) is 9.09. The molecule has 7 heteroatoms. The summed E-state index contributed by atoms with van der Waals surface area (Å²) < 4.78 is 22.7. The van der Waals surface area contributed by atoms with Crippen molar-refractivity contribution < 1.29 is 8.42 Å². The molecule has 1 unspecified atom stereocenters. The molecule has 92 valence electrons. The number of sulfone groups is 1. The van der Waals surface area contributed by atoms with Crippen LogP contribution < -0.4 is 11.1 Å². The van der Waals surface area contributed by atoms with E-state index in [9.17, 15) is 8.42 Å². The van der Waals surface area contributed by atoms with Gasteiger partial charge in [0.2, 0.25) is 0 Å². The van der Waals surface area contributed by atoms with E-state index in [-0.39, 0.29) is 22.5 Å². The van der Waals surface area contributed by atoms with Crippen molar-refractivity contribution in [2.24, 2.45) is 5.73 Å². The smallest absolute Gasteiger partial charge is 0.152 e. The predicted octanol–water partition coefficient (Wildman–Crippen LogP) is 0.315. The van der Waals surface area contributed by atoms with Crippen LogP contribution in [0.5, 0.6) is 0 Å².